The first-order valence-corrected chi connectivity index (χ1v) is 7.27. The quantitative estimate of drug-likeness (QED) is 0.817. The molecule has 110 valence electrons. The van der Waals surface area contributed by atoms with E-state index in [1.807, 2.05) is 43.3 Å². The van der Waals surface area contributed by atoms with E-state index in [1.165, 1.54) is 0 Å². The van der Waals surface area contributed by atoms with Gasteiger partial charge in [0.25, 0.3) is 0 Å². The first-order valence-electron chi connectivity index (χ1n) is 7.27. The van der Waals surface area contributed by atoms with Gasteiger partial charge in [0.05, 0.1) is 5.70 Å². The number of benzene rings is 1. The Labute approximate surface area is 129 Å². The summed E-state index contributed by atoms with van der Waals surface area (Å²) in [4.78, 5) is 30.8. The first kappa shape index (κ1) is 14.2. The number of hydrogen-bond acceptors (Lipinski definition) is 3. The molecule has 3 rings (SSSR count). The van der Waals surface area contributed by atoms with Crippen LogP contribution in [-0.4, -0.2) is 16.7 Å². The molecule has 4 heteroatoms. The highest BCUT2D eigenvalue weighted by Crippen LogP contribution is 2.32. The van der Waals surface area contributed by atoms with Crippen LogP contribution in [-0.2, 0) is 9.59 Å². The van der Waals surface area contributed by atoms with Gasteiger partial charge in [-0.15, -0.1) is 0 Å². The van der Waals surface area contributed by atoms with Crippen LogP contribution in [0, 0.1) is 5.92 Å². The van der Waals surface area contributed by atoms with Crippen LogP contribution in [0.5, 0.6) is 0 Å². The Hall–Kier alpha value is -2.75. The lowest BCUT2D eigenvalue weighted by atomic mass is 9.92. The van der Waals surface area contributed by atoms with Crippen molar-refractivity contribution in [3.05, 3.63) is 66.5 Å². The number of carbonyl (C=O) groups is 2. The number of carbonyl (C=O) groups excluding carboxylic acids is 2. The predicted octanol–water partition coefficient (Wildman–Crippen LogP) is 3.06. The van der Waals surface area contributed by atoms with Gasteiger partial charge in [0.1, 0.15) is 5.92 Å². The maximum atomic E-state index is 12.8. The Morgan fingerprint density at radius 1 is 1.09 bits per heavy atom. The number of amides is 1. The van der Waals surface area contributed by atoms with Crippen LogP contribution < -0.4 is 4.90 Å². The summed E-state index contributed by atoms with van der Waals surface area (Å²) in [5.74, 6) is -0.931. The van der Waals surface area contributed by atoms with Gasteiger partial charge >= 0.3 is 0 Å². The lowest BCUT2D eigenvalue weighted by Crippen LogP contribution is -2.42. The third kappa shape index (κ3) is 2.44. The summed E-state index contributed by atoms with van der Waals surface area (Å²) < 4.78 is 0. The van der Waals surface area contributed by atoms with Crippen LogP contribution >= 0.6 is 0 Å². The van der Waals surface area contributed by atoms with E-state index in [0.717, 1.165) is 11.3 Å². The summed E-state index contributed by atoms with van der Waals surface area (Å²) in [5, 5.41) is 0. The average molecular weight is 292 g/mol. The molecule has 1 unspecified atom stereocenters. The molecule has 1 amide bonds. The minimum absolute atomic E-state index is 0.140. The van der Waals surface area contributed by atoms with Crippen molar-refractivity contribution in [1.29, 1.82) is 0 Å². The zero-order chi connectivity index (χ0) is 15.5. The van der Waals surface area contributed by atoms with Crippen LogP contribution in [0.15, 0.2) is 60.9 Å². The van der Waals surface area contributed by atoms with E-state index < -0.39 is 5.92 Å². The van der Waals surface area contributed by atoms with E-state index in [2.05, 4.69) is 4.98 Å². The van der Waals surface area contributed by atoms with E-state index in [9.17, 15) is 9.59 Å². The molecule has 0 saturated carbocycles. The molecule has 1 aliphatic rings. The second-order valence-electron chi connectivity index (χ2n) is 5.14. The zero-order valence-corrected chi connectivity index (χ0v) is 12.3. The highest BCUT2D eigenvalue weighted by Gasteiger charge is 2.36. The van der Waals surface area contributed by atoms with Gasteiger partial charge < -0.3 is 0 Å². The zero-order valence-electron chi connectivity index (χ0n) is 12.3. The van der Waals surface area contributed by atoms with Crippen LogP contribution in [0.2, 0.25) is 0 Å². The molecule has 0 saturated heterocycles. The highest BCUT2D eigenvalue weighted by molar-refractivity contribution is 6.23. The largest absolute Gasteiger partial charge is 0.294 e. The van der Waals surface area contributed by atoms with Crippen molar-refractivity contribution < 1.29 is 9.59 Å². The van der Waals surface area contributed by atoms with Crippen molar-refractivity contribution in [3.63, 3.8) is 0 Å². The number of ketones is 1. The van der Waals surface area contributed by atoms with Gasteiger partial charge in [0, 0.05) is 29.7 Å². The molecule has 1 aromatic carbocycles. The number of aromatic nitrogens is 1. The highest BCUT2D eigenvalue weighted by atomic mass is 16.2. The molecular formula is C18H16N2O2. The van der Waals surface area contributed by atoms with Crippen LogP contribution in [0.25, 0.3) is 5.70 Å². The Morgan fingerprint density at radius 2 is 1.86 bits per heavy atom. The minimum atomic E-state index is -0.611. The fourth-order valence-electron chi connectivity index (χ4n) is 2.64. The number of rotatable bonds is 3. The molecule has 0 aliphatic carbocycles. The van der Waals surface area contributed by atoms with Crippen molar-refractivity contribution in [2.75, 3.05) is 4.90 Å². The Morgan fingerprint density at radius 3 is 2.50 bits per heavy atom. The van der Waals surface area contributed by atoms with E-state index in [-0.39, 0.29) is 11.7 Å². The molecule has 0 N–H and O–H groups in total. The summed E-state index contributed by atoms with van der Waals surface area (Å²) in [6.07, 6.45) is 5.38. The Balaban J connectivity index is 2.15. The van der Waals surface area contributed by atoms with Crippen molar-refractivity contribution in [3.8, 4) is 0 Å². The first-order chi connectivity index (χ1) is 10.7. The molecular weight excluding hydrogens is 276 g/mol. The summed E-state index contributed by atoms with van der Waals surface area (Å²) in [5.41, 5.74) is 2.09. The van der Waals surface area contributed by atoms with Gasteiger partial charge in [-0.3, -0.25) is 19.5 Å². The summed E-state index contributed by atoms with van der Waals surface area (Å²) in [7, 11) is 0. The van der Waals surface area contributed by atoms with Gasteiger partial charge in [-0.2, -0.15) is 0 Å². The lowest BCUT2D eigenvalue weighted by Gasteiger charge is -2.32. The fourth-order valence-corrected chi connectivity index (χ4v) is 2.64. The predicted molar refractivity (Wildman–Crippen MR) is 84.9 cm³/mol. The van der Waals surface area contributed by atoms with E-state index >= 15 is 0 Å². The van der Waals surface area contributed by atoms with E-state index in [0.29, 0.717) is 12.1 Å². The van der Waals surface area contributed by atoms with Gasteiger partial charge in [-0.25, -0.2) is 0 Å². The second-order valence-corrected chi connectivity index (χ2v) is 5.14. The van der Waals surface area contributed by atoms with Gasteiger partial charge in [-0.1, -0.05) is 25.1 Å². The normalized spacial score (nSPS) is 18.3. The monoisotopic (exact) mass is 292 g/mol. The molecule has 22 heavy (non-hydrogen) atoms. The Bertz CT molecular complexity index is 723. The molecule has 0 bridgehead atoms. The molecule has 2 aromatic rings. The van der Waals surface area contributed by atoms with Gasteiger partial charge in [0.15, 0.2) is 5.78 Å². The van der Waals surface area contributed by atoms with Gasteiger partial charge in [0.2, 0.25) is 5.91 Å². The molecule has 1 aliphatic heterocycles. The summed E-state index contributed by atoms with van der Waals surface area (Å²) in [6.45, 7) is 1.85. The van der Waals surface area contributed by atoms with Crippen LogP contribution in [0.1, 0.15) is 18.9 Å². The molecule has 0 fully saturated rings. The minimum Gasteiger partial charge on any atom is -0.294 e. The number of pyridine rings is 1. The number of anilines is 1. The molecule has 0 radical (unpaired) electrons. The Kier molecular flexibility index (Phi) is 3.83. The topological polar surface area (TPSA) is 50.3 Å². The van der Waals surface area contributed by atoms with E-state index in [4.69, 9.17) is 0 Å². The third-order valence-electron chi connectivity index (χ3n) is 3.76. The number of allylic oxidation sites excluding steroid dienone is 1. The molecule has 0 spiro atoms. The maximum Gasteiger partial charge on any atom is 0.242 e. The third-order valence-corrected chi connectivity index (χ3v) is 3.76. The van der Waals surface area contributed by atoms with E-state index in [1.54, 1.807) is 29.4 Å². The lowest BCUT2D eigenvalue weighted by molar-refractivity contribution is -0.130. The number of para-hydroxylation sites is 1. The van der Waals surface area contributed by atoms with Crippen molar-refractivity contribution in [1.82, 2.24) is 4.98 Å². The van der Waals surface area contributed by atoms with Crippen molar-refractivity contribution in [2.45, 2.75) is 13.3 Å². The standard InChI is InChI=1S/C18H16N2O2/c1-2-15-17(21)11-16(13-7-6-10-19-12-13)20(18(15)22)14-8-4-3-5-9-14/h3-12,15H,2H2,1H3. The van der Waals surface area contributed by atoms with Crippen molar-refractivity contribution >= 4 is 23.1 Å². The molecule has 2 heterocycles. The second kappa shape index (κ2) is 5.93. The molecule has 4 nitrogen and oxygen atoms in total. The van der Waals surface area contributed by atoms with Crippen LogP contribution in [0.3, 0.4) is 0 Å². The van der Waals surface area contributed by atoms with Gasteiger partial charge in [-0.05, 0) is 30.7 Å². The number of hydrogen-bond donors (Lipinski definition) is 0. The summed E-state index contributed by atoms with van der Waals surface area (Å²) >= 11 is 0. The molecule has 1 atom stereocenters. The number of nitrogens with zero attached hydrogens (tertiary/aromatic N) is 2. The fraction of sp³-hybridized carbons (Fsp3) is 0.167. The van der Waals surface area contributed by atoms with Crippen LogP contribution in [0.4, 0.5) is 5.69 Å². The summed E-state index contributed by atoms with van der Waals surface area (Å²) in [6, 6.07) is 13.0. The van der Waals surface area contributed by atoms with Crippen molar-refractivity contribution in [2.24, 2.45) is 5.92 Å². The SMILES string of the molecule is CCC1C(=O)C=C(c2cccnc2)N(c2ccccc2)C1=O. The maximum absolute atomic E-state index is 12.8. The smallest absolute Gasteiger partial charge is 0.242 e. The molecule has 1 aromatic heterocycles. The average Bonchev–Trinajstić information content (AvgIpc) is 2.56.